The molecule has 1 N–H and O–H groups in total. The second-order valence-corrected chi connectivity index (χ2v) is 5.08. The first-order valence-electron chi connectivity index (χ1n) is 7.75. The number of aromatic hydroxyl groups is 1. The molecule has 112 valence electrons. The van der Waals surface area contributed by atoms with Gasteiger partial charge >= 0.3 is 0 Å². The molecule has 0 bridgehead atoms. The molecule has 1 aromatic rings. The van der Waals surface area contributed by atoms with Crippen LogP contribution in [0, 0.1) is 0 Å². The minimum absolute atomic E-state index is 0.0487. The summed E-state index contributed by atoms with van der Waals surface area (Å²) >= 11 is 0. The molecule has 0 heterocycles. The van der Waals surface area contributed by atoms with E-state index in [1.54, 1.807) is 6.07 Å². The Labute approximate surface area is 122 Å². The van der Waals surface area contributed by atoms with Gasteiger partial charge in [-0.3, -0.25) is 4.79 Å². The highest BCUT2D eigenvalue weighted by Crippen LogP contribution is 2.31. The predicted molar refractivity (Wildman–Crippen MR) is 84.8 cm³/mol. The summed E-state index contributed by atoms with van der Waals surface area (Å²) in [6.07, 6.45) is 4.84. The standard InChI is InChI=1S/C17H27NO2/c1-4-7-8-9-13-16(19)14-11-10-12-15(17(14)20)18(5-2)6-3/h10-12,20H,4-9,13H2,1-3H3. The highest BCUT2D eigenvalue weighted by molar-refractivity contribution is 6.00. The lowest BCUT2D eigenvalue weighted by Gasteiger charge is -2.22. The average molecular weight is 277 g/mol. The first-order valence-corrected chi connectivity index (χ1v) is 7.75. The van der Waals surface area contributed by atoms with E-state index in [-0.39, 0.29) is 11.5 Å². The normalized spacial score (nSPS) is 10.6. The van der Waals surface area contributed by atoms with Crippen LogP contribution in [-0.2, 0) is 0 Å². The van der Waals surface area contributed by atoms with Crippen LogP contribution in [0.2, 0.25) is 0 Å². The fraction of sp³-hybridized carbons (Fsp3) is 0.588. The largest absolute Gasteiger partial charge is 0.505 e. The van der Waals surface area contributed by atoms with Crippen molar-refractivity contribution >= 4 is 11.5 Å². The molecule has 0 saturated heterocycles. The molecular weight excluding hydrogens is 250 g/mol. The lowest BCUT2D eigenvalue weighted by molar-refractivity contribution is 0.0976. The number of unbranched alkanes of at least 4 members (excludes halogenated alkanes) is 3. The quantitative estimate of drug-likeness (QED) is 0.537. The Balaban J connectivity index is 2.80. The van der Waals surface area contributed by atoms with Crippen molar-refractivity contribution in [2.75, 3.05) is 18.0 Å². The number of carbonyl (C=O) groups excluding carboxylic acids is 1. The van der Waals surface area contributed by atoms with Crippen molar-refractivity contribution < 1.29 is 9.90 Å². The number of rotatable bonds is 9. The first-order chi connectivity index (χ1) is 9.65. The van der Waals surface area contributed by atoms with Crippen LogP contribution in [0.25, 0.3) is 0 Å². The van der Waals surface area contributed by atoms with E-state index in [0.717, 1.165) is 38.0 Å². The van der Waals surface area contributed by atoms with Crippen LogP contribution in [0.3, 0.4) is 0 Å². The van der Waals surface area contributed by atoms with Gasteiger partial charge < -0.3 is 10.0 Å². The third-order valence-electron chi connectivity index (χ3n) is 3.68. The maximum atomic E-state index is 12.2. The zero-order chi connectivity index (χ0) is 15.0. The summed E-state index contributed by atoms with van der Waals surface area (Å²) in [5.41, 5.74) is 1.22. The van der Waals surface area contributed by atoms with E-state index in [4.69, 9.17) is 0 Å². The van der Waals surface area contributed by atoms with Crippen LogP contribution in [-0.4, -0.2) is 24.0 Å². The second kappa shape index (κ2) is 8.62. The van der Waals surface area contributed by atoms with Gasteiger partial charge in [-0.25, -0.2) is 0 Å². The Morgan fingerprint density at radius 3 is 2.40 bits per heavy atom. The molecule has 0 fully saturated rings. The summed E-state index contributed by atoms with van der Waals surface area (Å²) in [7, 11) is 0. The number of anilines is 1. The van der Waals surface area contributed by atoms with E-state index in [1.807, 2.05) is 26.0 Å². The van der Waals surface area contributed by atoms with Gasteiger partial charge in [-0.05, 0) is 32.4 Å². The number of nitrogens with zero attached hydrogens (tertiary/aromatic N) is 1. The molecule has 0 atom stereocenters. The van der Waals surface area contributed by atoms with Crippen molar-refractivity contribution in [3.05, 3.63) is 23.8 Å². The molecule has 0 radical (unpaired) electrons. The molecule has 0 aliphatic heterocycles. The van der Waals surface area contributed by atoms with Gasteiger partial charge in [0.15, 0.2) is 5.78 Å². The SMILES string of the molecule is CCCCCCC(=O)c1cccc(N(CC)CC)c1O. The zero-order valence-corrected chi connectivity index (χ0v) is 13.0. The van der Waals surface area contributed by atoms with Gasteiger partial charge in [0.1, 0.15) is 5.75 Å². The maximum absolute atomic E-state index is 12.2. The fourth-order valence-electron chi connectivity index (χ4n) is 2.42. The highest BCUT2D eigenvalue weighted by Gasteiger charge is 2.16. The molecule has 0 aliphatic rings. The van der Waals surface area contributed by atoms with Crippen LogP contribution in [0.1, 0.15) is 63.2 Å². The van der Waals surface area contributed by atoms with E-state index in [0.29, 0.717) is 12.0 Å². The van der Waals surface area contributed by atoms with Gasteiger partial charge in [-0.15, -0.1) is 0 Å². The second-order valence-electron chi connectivity index (χ2n) is 5.08. The number of phenols is 1. The third-order valence-corrected chi connectivity index (χ3v) is 3.68. The van der Waals surface area contributed by atoms with Crippen molar-refractivity contribution in [1.82, 2.24) is 0 Å². The molecule has 20 heavy (non-hydrogen) atoms. The number of ketones is 1. The van der Waals surface area contributed by atoms with Crippen molar-refractivity contribution in [2.24, 2.45) is 0 Å². The number of para-hydroxylation sites is 1. The molecule has 0 unspecified atom stereocenters. The Morgan fingerprint density at radius 2 is 1.80 bits per heavy atom. The number of Topliss-reactive ketones (excluding diaryl/α,β-unsaturated/α-hetero) is 1. The van der Waals surface area contributed by atoms with Crippen LogP contribution < -0.4 is 4.90 Å². The number of carbonyl (C=O) groups is 1. The van der Waals surface area contributed by atoms with E-state index in [9.17, 15) is 9.90 Å². The number of hydrogen-bond donors (Lipinski definition) is 1. The molecule has 0 aromatic heterocycles. The van der Waals surface area contributed by atoms with Crippen molar-refractivity contribution in [3.8, 4) is 5.75 Å². The smallest absolute Gasteiger partial charge is 0.166 e. The fourth-order valence-corrected chi connectivity index (χ4v) is 2.42. The summed E-state index contributed by atoms with van der Waals surface area (Å²) in [5.74, 6) is 0.185. The lowest BCUT2D eigenvalue weighted by atomic mass is 10.0. The third kappa shape index (κ3) is 4.26. The molecule has 0 spiro atoms. The summed E-state index contributed by atoms with van der Waals surface area (Å²) in [6.45, 7) is 7.88. The first kappa shape index (κ1) is 16.5. The maximum Gasteiger partial charge on any atom is 0.166 e. The molecule has 3 heteroatoms. The molecule has 0 amide bonds. The van der Waals surface area contributed by atoms with Crippen LogP contribution in [0.5, 0.6) is 5.75 Å². The van der Waals surface area contributed by atoms with Crippen LogP contribution in [0.4, 0.5) is 5.69 Å². The Morgan fingerprint density at radius 1 is 1.10 bits per heavy atom. The Hall–Kier alpha value is -1.51. The van der Waals surface area contributed by atoms with Gasteiger partial charge in [0, 0.05) is 19.5 Å². The minimum atomic E-state index is 0.0487. The molecule has 0 saturated carbocycles. The van der Waals surface area contributed by atoms with E-state index in [2.05, 4.69) is 11.8 Å². The van der Waals surface area contributed by atoms with Gasteiger partial charge in [0.25, 0.3) is 0 Å². The van der Waals surface area contributed by atoms with Crippen molar-refractivity contribution in [3.63, 3.8) is 0 Å². The summed E-state index contributed by atoms with van der Waals surface area (Å²) < 4.78 is 0. The van der Waals surface area contributed by atoms with Gasteiger partial charge in [0.05, 0.1) is 11.3 Å². The van der Waals surface area contributed by atoms with Crippen LogP contribution in [0.15, 0.2) is 18.2 Å². The number of benzene rings is 1. The molecule has 1 aromatic carbocycles. The minimum Gasteiger partial charge on any atom is -0.505 e. The van der Waals surface area contributed by atoms with E-state index < -0.39 is 0 Å². The summed E-state index contributed by atoms with van der Waals surface area (Å²) in [6, 6.07) is 5.45. The lowest BCUT2D eigenvalue weighted by Crippen LogP contribution is -2.22. The van der Waals surface area contributed by atoms with Crippen molar-refractivity contribution in [2.45, 2.75) is 52.9 Å². The molecule has 3 nitrogen and oxygen atoms in total. The predicted octanol–water partition coefficient (Wildman–Crippen LogP) is 4.39. The summed E-state index contributed by atoms with van der Waals surface area (Å²) in [5, 5.41) is 10.3. The Bertz CT molecular complexity index is 425. The molecular formula is C17H27NO2. The van der Waals surface area contributed by atoms with E-state index in [1.165, 1.54) is 6.42 Å². The Kier molecular flexibility index (Phi) is 7.13. The van der Waals surface area contributed by atoms with E-state index >= 15 is 0 Å². The monoisotopic (exact) mass is 277 g/mol. The van der Waals surface area contributed by atoms with Gasteiger partial charge in [0.2, 0.25) is 0 Å². The number of phenolic OH excluding ortho intramolecular Hbond substituents is 1. The number of hydrogen-bond acceptors (Lipinski definition) is 3. The zero-order valence-electron chi connectivity index (χ0n) is 13.0. The van der Waals surface area contributed by atoms with Crippen molar-refractivity contribution in [1.29, 1.82) is 0 Å². The van der Waals surface area contributed by atoms with Gasteiger partial charge in [-0.1, -0.05) is 32.3 Å². The van der Waals surface area contributed by atoms with Crippen LogP contribution >= 0.6 is 0 Å². The highest BCUT2D eigenvalue weighted by atomic mass is 16.3. The summed E-state index contributed by atoms with van der Waals surface area (Å²) in [4.78, 5) is 14.3. The topological polar surface area (TPSA) is 40.5 Å². The average Bonchev–Trinajstić information content (AvgIpc) is 2.46. The van der Waals surface area contributed by atoms with Gasteiger partial charge in [-0.2, -0.15) is 0 Å². The molecule has 0 aliphatic carbocycles. The molecule has 1 rings (SSSR count).